The van der Waals surface area contributed by atoms with E-state index in [0.29, 0.717) is 15.5 Å². The second-order valence-electron chi connectivity index (χ2n) is 6.50. The zero-order valence-electron chi connectivity index (χ0n) is 20.1. The average molecular weight is 641 g/mol. The molecule has 0 amide bonds. The van der Waals surface area contributed by atoms with E-state index in [-0.39, 0.29) is 5.88 Å². The molecule has 10 nitrogen and oxygen atoms in total. The molecule has 0 fully saturated rings. The van der Waals surface area contributed by atoms with Crippen LogP contribution in [0, 0.1) is 0 Å². The lowest BCUT2D eigenvalue weighted by molar-refractivity contribution is -0.154. The van der Waals surface area contributed by atoms with Crippen LogP contribution in [0.5, 0.6) is 11.8 Å². The van der Waals surface area contributed by atoms with Crippen LogP contribution in [-0.4, -0.2) is 82.7 Å². The van der Waals surface area contributed by atoms with Crippen molar-refractivity contribution in [3.05, 3.63) is 41.9 Å². The third-order valence-electron chi connectivity index (χ3n) is 3.28. The van der Waals surface area contributed by atoms with Crippen LogP contribution in [0.3, 0.4) is 0 Å². The van der Waals surface area contributed by atoms with E-state index in [0.717, 1.165) is 18.5 Å². The van der Waals surface area contributed by atoms with Gasteiger partial charge in [0.05, 0.1) is 0 Å². The summed E-state index contributed by atoms with van der Waals surface area (Å²) in [4.78, 5) is 22.1. The fraction of sp³-hybridized carbons (Fsp3) is 0.368. The summed E-state index contributed by atoms with van der Waals surface area (Å²) >= 11 is 8.27. The van der Waals surface area contributed by atoms with Crippen LogP contribution in [-0.2, 0) is 9.84 Å². The molecule has 0 aliphatic rings. The Hall–Kier alpha value is -2.64. The number of ether oxygens (including phenoxy) is 2. The van der Waals surface area contributed by atoms with Crippen LogP contribution in [0.2, 0.25) is 5.15 Å². The van der Waals surface area contributed by atoms with Gasteiger partial charge >= 0.3 is 12.4 Å². The highest BCUT2D eigenvalue weighted by Crippen LogP contribution is 2.19. The summed E-state index contributed by atoms with van der Waals surface area (Å²) in [5.41, 5.74) is 0. The second-order valence-corrected chi connectivity index (χ2v) is 10.3. The van der Waals surface area contributed by atoms with E-state index in [1.807, 2.05) is 6.26 Å². The Morgan fingerprint density at radius 2 is 1.21 bits per heavy atom. The molecule has 3 aromatic rings. The Balaban J connectivity index is 0.000000303. The van der Waals surface area contributed by atoms with Gasteiger partial charge in [-0.3, -0.25) is 0 Å². The van der Waals surface area contributed by atoms with Crippen molar-refractivity contribution in [3.63, 3.8) is 0 Å². The molecule has 0 saturated heterocycles. The minimum atomic E-state index is -4.50. The zero-order chi connectivity index (χ0) is 29.7. The third-order valence-corrected chi connectivity index (χ3v) is 5.47. The normalized spacial score (nSPS) is 11.4. The SMILES string of the molecule is CS(=O)(=O)c1nccc(OCC(F)(F)F)n1.CSc1nccc(Cl)n1.CSc1nccc(OCC(F)(F)F)n1. The number of halogens is 7. The molecule has 0 saturated carbocycles. The zero-order valence-corrected chi connectivity index (χ0v) is 23.3. The fourth-order valence-corrected chi connectivity index (χ4v) is 3.22. The van der Waals surface area contributed by atoms with Crippen molar-refractivity contribution < 1.29 is 44.2 Å². The fourth-order valence-electron chi connectivity index (χ4n) is 1.82. The van der Waals surface area contributed by atoms with Crippen LogP contribution in [0.4, 0.5) is 26.3 Å². The maximum absolute atomic E-state index is 11.8. The van der Waals surface area contributed by atoms with Crippen LogP contribution in [0.25, 0.3) is 0 Å². The predicted molar refractivity (Wildman–Crippen MR) is 131 cm³/mol. The van der Waals surface area contributed by atoms with E-state index < -0.39 is 46.4 Å². The van der Waals surface area contributed by atoms with Crippen molar-refractivity contribution in [3.8, 4) is 11.8 Å². The molecule has 3 heterocycles. The van der Waals surface area contributed by atoms with Crippen LogP contribution < -0.4 is 9.47 Å². The molecule has 3 rings (SSSR count). The molecule has 0 aromatic carbocycles. The van der Waals surface area contributed by atoms with Crippen LogP contribution in [0.15, 0.2) is 52.3 Å². The summed E-state index contributed by atoms with van der Waals surface area (Å²) in [6, 6.07) is 3.98. The first-order chi connectivity index (χ1) is 18.0. The minimum absolute atomic E-state index is 0.0679. The van der Waals surface area contributed by atoms with Crippen molar-refractivity contribution in [2.24, 2.45) is 0 Å². The Labute approximate surface area is 232 Å². The molecule has 20 heteroatoms. The number of sulfone groups is 1. The number of aromatic nitrogens is 6. The molecule has 0 radical (unpaired) electrons. The molecule has 0 bridgehead atoms. The van der Waals surface area contributed by atoms with Gasteiger partial charge in [-0.05, 0) is 18.6 Å². The molecule has 39 heavy (non-hydrogen) atoms. The molecule has 0 spiro atoms. The number of hydrogen-bond acceptors (Lipinski definition) is 12. The summed E-state index contributed by atoms with van der Waals surface area (Å²) in [6.07, 6.45) is -0.369. The highest BCUT2D eigenvalue weighted by Gasteiger charge is 2.29. The van der Waals surface area contributed by atoms with Gasteiger partial charge < -0.3 is 9.47 Å². The van der Waals surface area contributed by atoms with E-state index in [2.05, 4.69) is 39.4 Å². The van der Waals surface area contributed by atoms with Gasteiger partial charge in [0.1, 0.15) is 5.15 Å². The van der Waals surface area contributed by atoms with Gasteiger partial charge in [0.2, 0.25) is 26.8 Å². The highest BCUT2D eigenvalue weighted by molar-refractivity contribution is 7.98. The molecule has 216 valence electrons. The van der Waals surface area contributed by atoms with E-state index >= 15 is 0 Å². The maximum Gasteiger partial charge on any atom is 0.422 e. The van der Waals surface area contributed by atoms with Crippen molar-refractivity contribution in [1.29, 1.82) is 0 Å². The molecule has 0 aliphatic heterocycles. The second kappa shape index (κ2) is 15.8. The number of hydrogen-bond donors (Lipinski definition) is 0. The molecule has 0 aliphatic carbocycles. The van der Waals surface area contributed by atoms with E-state index in [4.69, 9.17) is 11.6 Å². The molecule has 0 N–H and O–H groups in total. The van der Waals surface area contributed by atoms with Gasteiger partial charge in [-0.2, -0.15) is 36.3 Å². The monoisotopic (exact) mass is 640 g/mol. The van der Waals surface area contributed by atoms with Gasteiger partial charge in [-0.25, -0.2) is 28.4 Å². The molecular weight excluding hydrogens is 622 g/mol. The highest BCUT2D eigenvalue weighted by atomic mass is 35.5. The lowest BCUT2D eigenvalue weighted by Gasteiger charge is -2.08. The largest absolute Gasteiger partial charge is 0.468 e. The molecule has 3 aromatic heterocycles. The molecular formula is C19H19ClF6N6O4S3. The van der Waals surface area contributed by atoms with Crippen molar-refractivity contribution in [2.45, 2.75) is 27.8 Å². The summed E-state index contributed by atoms with van der Waals surface area (Å²) < 4.78 is 101. The lowest BCUT2D eigenvalue weighted by atomic mass is 10.6. The summed E-state index contributed by atoms with van der Waals surface area (Å²) in [5.74, 6) is -0.505. The Kier molecular flexibility index (Phi) is 14.0. The Bertz CT molecular complexity index is 1290. The van der Waals surface area contributed by atoms with Gasteiger partial charge in [0.25, 0.3) is 0 Å². The molecule has 0 unspecified atom stereocenters. The van der Waals surface area contributed by atoms with Gasteiger partial charge in [0, 0.05) is 37.0 Å². The number of thioether (sulfide) groups is 2. The summed E-state index contributed by atoms with van der Waals surface area (Å²) in [5, 5.41) is 1.01. The maximum atomic E-state index is 11.8. The van der Waals surface area contributed by atoms with E-state index in [1.54, 1.807) is 18.5 Å². The summed E-state index contributed by atoms with van der Waals surface area (Å²) in [7, 11) is -3.66. The van der Waals surface area contributed by atoms with E-state index in [9.17, 15) is 34.8 Å². The van der Waals surface area contributed by atoms with Crippen molar-refractivity contribution >= 4 is 45.0 Å². The standard InChI is InChI=1S/C7H7F3N2O3S.C7H7F3N2OS.C5H5ClN2S/c1-16(13,14)6-11-3-2-5(12-6)15-4-7(8,9)10;1-14-6-11-3-2-5(12-6)13-4-7(8,9)10;1-9-5-7-3-2-4(6)8-5/h2-3H,4H2,1H3;2-3H,4H2,1H3;2-3H,1H3. The van der Waals surface area contributed by atoms with Gasteiger partial charge in [-0.1, -0.05) is 35.1 Å². The van der Waals surface area contributed by atoms with Crippen LogP contribution in [0.1, 0.15) is 0 Å². The number of rotatable bonds is 7. The van der Waals surface area contributed by atoms with Crippen molar-refractivity contribution in [1.82, 2.24) is 29.9 Å². The van der Waals surface area contributed by atoms with E-state index in [1.165, 1.54) is 35.8 Å². The first-order valence-electron chi connectivity index (χ1n) is 9.84. The van der Waals surface area contributed by atoms with Crippen molar-refractivity contribution in [2.75, 3.05) is 32.0 Å². The quantitative estimate of drug-likeness (QED) is 0.152. The topological polar surface area (TPSA) is 130 Å². The van der Waals surface area contributed by atoms with Crippen LogP contribution >= 0.6 is 35.1 Å². The number of alkyl halides is 6. The average Bonchev–Trinajstić information content (AvgIpc) is 2.86. The Morgan fingerprint density at radius 3 is 1.62 bits per heavy atom. The Morgan fingerprint density at radius 1 is 0.769 bits per heavy atom. The summed E-state index contributed by atoms with van der Waals surface area (Å²) in [6.45, 7) is -2.87. The third kappa shape index (κ3) is 16.2. The molecule has 0 atom stereocenters. The van der Waals surface area contributed by atoms with Gasteiger partial charge in [0.15, 0.2) is 23.5 Å². The smallest absolute Gasteiger partial charge is 0.422 e. The lowest BCUT2D eigenvalue weighted by Crippen LogP contribution is -2.20. The van der Waals surface area contributed by atoms with Gasteiger partial charge in [-0.15, -0.1) is 0 Å². The predicted octanol–water partition coefficient (Wildman–Crippen LogP) is 4.81. The number of nitrogens with zero attached hydrogens (tertiary/aromatic N) is 6. The minimum Gasteiger partial charge on any atom is -0.468 e. The first-order valence-corrected chi connectivity index (χ1v) is 14.6. The first kappa shape index (κ1) is 34.4.